The molecule has 1 amide bonds. The highest BCUT2D eigenvalue weighted by Crippen LogP contribution is 2.20. The van der Waals surface area contributed by atoms with Crippen LogP contribution in [0.2, 0.25) is 5.02 Å². The van der Waals surface area contributed by atoms with Crippen LogP contribution in [-0.4, -0.2) is 29.1 Å². The number of hydrogen-bond donors (Lipinski definition) is 3. The van der Waals surface area contributed by atoms with Gasteiger partial charge in [-0.2, -0.15) is 0 Å². The third-order valence-electron chi connectivity index (χ3n) is 2.87. The Morgan fingerprint density at radius 3 is 2.60 bits per heavy atom. The summed E-state index contributed by atoms with van der Waals surface area (Å²) in [6.07, 6.45) is 0.184. The fourth-order valence-electron chi connectivity index (χ4n) is 1.77. The Kier molecular flexibility index (Phi) is 5.98. The Morgan fingerprint density at radius 2 is 2.00 bits per heavy atom. The average molecular weight is 299 g/mol. The molecule has 6 heteroatoms. The van der Waals surface area contributed by atoms with Crippen molar-refractivity contribution in [2.24, 2.45) is 0 Å². The average Bonchev–Trinajstić information content (AvgIpc) is 2.33. The Bertz CT molecular complexity index is 505. The number of halogens is 1. The van der Waals surface area contributed by atoms with Gasteiger partial charge in [-0.1, -0.05) is 17.7 Å². The van der Waals surface area contributed by atoms with Gasteiger partial charge in [0.25, 0.3) is 0 Å². The van der Waals surface area contributed by atoms with Gasteiger partial charge >= 0.3 is 5.97 Å². The van der Waals surface area contributed by atoms with Crippen LogP contribution in [0.3, 0.4) is 0 Å². The minimum absolute atomic E-state index is 0.184. The maximum atomic E-state index is 11.9. The van der Waals surface area contributed by atoms with Crippen LogP contribution >= 0.6 is 11.6 Å². The second-order valence-electron chi connectivity index (χ2n) is 4.84. The highest BCUT2D eigenvalue weighted by molar-refractivity contribution is 6.31. The van der Waals surface area contributed by atoms with E-state index in [9.17, 15) is 9.59 Å². The fourth-order valence-corrected chi connectivity index (χ4v) is 1.94. The number of carboxylic acids is 1. The summed E-state index contributed by atoms with van der Waals surface area (Å²) >= 11 is 5.88. The predicted octanol–water partition coefficient (Wildman–Crippen LogP) is 2.43. The van der Waals surface area contributed by atoms with Crippen molar-refractivity contribution in [3.8, 4) is 0 Å². The number of aliphatic carboxylic acids is 1. The van der Waals surface area contributed by atoms with Crippen molar-refractivity contribution in [3.05, 3.63) is 28.8 Å². The number of amides is 1. The molecule has 1 unspecified atom stereocenters. The fraction of sp³-hybridized carbons (Fsp3) is 0.429. The number of carboxylic acid groups (broad SMARTS) is 1. The van der Waals surface area contributed by atoms with Crippen LogP contribution in [0.5, 0.6) is 0 Å². The van der Waals surface area contributed by atoms with Gasteiger partial charge in [-0.25, -0.2) is 0 Å². The molecule has 0 bridgehead atoms. The molecule has 2 atom stereocenters. The van der Waals surface area contributed by atoms with Crippen molar-refractivity contribution >= 4 is 29.2 Å². The number of carbonyl (C=O) groups excluding carboxylic acids is 1. The lowest BCUT2D eigenvalue weighted by Crippen LogP contribution is -2.41. The Morgan fingerprint density at radius 1 is 1.35 bits per heavy atom. The number of rotatable bonds is 6. The second kappa shape index (κ2) is 7.26. The number of aryl methyl sites for hydroxylation is 1. The Hall–Kier alpha value is -1.59. The van der Waals surface area contributed by atoms with E-state index in [1.807, 2.05) is 13.0 Å². The van der Waals surface area contributed by atoms with Crippen LogP contribution in [0.25, 0.3) is 0 Å². The zero-order chi connectivity index (χ0) is 15.3. The third kappa shape index (κ3) is 5.19. The summed E-state index contributed by atoms with van der Waals surface area (Å²) in [5, 5.41) is 15.0. The van der Waals surface area contributed by atoms with Gasteiger partial charge in [-0.3, -0.25) is 9.59 Å². The van der Waals surface area contributed by atoms with Crippen molar-refractivity contribution in [3.63, 3.8) is 0 Å². The molecule has 110 valence electrons. The van der Waals surface area contributed by atoms with Crippen molar-refractivity contribution in [1.29, 1.82) is 0 Å². The standard InChI is InChI=1S/C14H19ClN2O3/c1-8-4-5-11(15)7-12(8)17-13(18)6-9(2)16-10(3)14(19)20/h4-5,7,9-10,16H,6H2,1-3H3,(H,17,18)(H,19,20)/t9?,10-/m1/s1. The number of anilines is 1. The van der Waals surface area contributed by atoms with Gasteiger partial charge in [-0.05, 0) is 38.5 Å². The van der Waals surface area contributed by atoms with Crippen molar-refractivity contribution in [2.45, 2.75) is 39.3 Å². The largest absolute Gasteiger partial charge is 0.480 e. The van der Waals surface area contributed by atoms with Crippen molar-refractivity contribution < 1.29 is 14.7 Å². The van der Waals surface area contributed by atoms with E-state index in [0.717, 1.165) is 5.56 Å². The van der Waals surface area contributed by atoms with Crippen molar-refractivity contribution in [2.75, 3.05) is 5.32 Å². The maximum Gasteiger partial charge on any atom is 0.320 e. The molecule has 5 nitrogen and oxygen atoms in total. The molecule has 20 heavy (non-hydrogen) atoms. The van der Waals surface area contributed by atoms with Gasteiger partial charge in [-0.15, -0.1) is 0 Å². The molecule has 0 spiro atoms. The molecule has 0 aliphatic rings. The number of nitrogens with one attached hydrogen (secondary N) is 2. The first kappa shape index (κ1) is 16.5. The van der Waals surface area contributed by atoms with Gasteiger partial charge in [0.1, 0.15) is 6.04 Å². The van der Waals surface area contributed by atoms with Gasteiger partial charge < -0.3 is 15.7 Å². The zero-order valence-electron chi connectivity index (χ0n) is 11.7. The van der Waals surface area contributed by atoms with Crippen LogP contribution < -0.4 is 10.6 Å². The van der Waals surface area contributed by atoms with Crippen LogP contribution in [-0.2, 0) is 9.59 Å². The zero-order valence-corrected chi connectivity index (χ0v) is 12.5. The minimum Gasteiger partial charge on any atom is -0.480 e. The van der Waals surface area contributed by atoms with Gasteiger partial charge in [0.2, 0.25) is 5.91 Å². The smallest absolute Gasteiger partial charge is 0.320 e. The molecule has 3 N–H and O–H groups in total. The first-order valence-electron chi connectivity index (χ1n) is 6.34. The first-order valence-corrected chi connectivity index (χ1v) is 6.72. The first-order chi connectivity index (χ1) is 9.29. The molecule has 0 fully saturated rings. The maximum absolute atomic E-state index is 11.9. The molecule has 0 aliphatic heterocycles. The van der Waals surface area contributed by atoms with E-state index < -0.39 is 12.0 Å². The molecule has 1 aromatic rings. The molecule has 1 rings (SSSR count). The summed E-state index contributed by atoms with van der Waals surface area (Å²) in [5.74, 6) is -1.13. The van der Waals surface area contributed by atoms with Crippen LogP contribution in [0.4, 0.5) is 5.69 Å². The topological polar surface area (TPSA) is 78.4 Å². The summed E-state index contributed by atoms with van der Waals surface area (Å²) in [6, 6.07) is 4.34. The summed E-state index contributed by atoms with van der Waals surface area (Å²) < 4.78 is 0. The lowest BCUT2D eigenvalue weighted by atomic mass is 10.1. The molecule has 0 saturated heterocycles. The lowest BCUT2D eigenvalue weighted by molar-refractivity contribution is -0.139. The molecule has 0 saturated carbocycles. The third-order valence-corrected chi connectivity index (χ3v) is 3.11. The molecule has 0 radical (unpaired) electrons. The summed E-state index contributed by atoms with van der Waals surface area (Å²) in [7, 11) is 0. The molecular formula is C14H19ClN2O3. The summed E-state index contributed by atoms with van der Waals surface area (Å²) in [6.45, 7) is 5.18. The van der Waals surface area contributed by atoms with E-state index in [0.29, 0.717) is 10.7 Å². The number of carbonyl (C=O) groups is 2. The lowest BCUT2D eigenvalue weighted by Gasteiger charge is -2.17. The van der Waals surface area contributed by atoms with Gasteiger partial charge in [0, 0.05) is 23.2 Å². The summed E-state index contributed by atoms with van der Waals surface area (Å²) in [5.41, 5.74) is 1.59. The quantitative estimate of drug-likeness (QED) is 0.754. The van der Waals surface area contributed by atoms with Crippen LogP contribution in [0.15, 0.2) is 18.2 Å². The predicted molar refractivity (Wildman–Crippen MR) is 79.1 cm³/mol. The van der Waals surface area contributed by atoms with E-state index >= 15 is 0 Å². The van der Waals surface area contributed by atoms with E-state index in [4.69, 9.17) is 16.7 Å². The Balaban J connectivity index is 2.55. The summed E-state index contributed by atoms with van der Waals surface area (Å²) in [4.78, 5) is 22.6. The molecule has 0 heterocycles. The van der Waals surface area contributed by atoms with Gasteiger partial charge in [0.05, 0.1) is 0 Å². The van der Waals surface area contributed by atoms with Crippen LogP contribution in [0.1, 0.15) is 25.8 Å². The highest BCUT2D eigenvalue weighted by atomic mass is 35.5. The second-order valence-corrected chi connectivity index (χ2v) is 5.28. The Labute approximate surface area is 123 Å². The van der Waals surface area contributed by atoms with E-state index in [2.05, 4.69) is 10.6 Å². The number of hydrogen-bond acceptors (Lipinski definition) is 3. The highest BCUT2D eigenvalue weighted by Gasteiger charge is 2.16. The monoisotopic (exact) mass is 298 g/mol. The van der Waals surface area contributed by atoms with Crippen molar-refractivity contribution in [1.82, 2.24) is 5.32 Å². The van der Waals surface area contributed by atoms with E-state index in [1.165, 1.54) is 6.92 Å². The SMILES string of the molecule is Cc1ccc(Cl)cc1NC(=O)CC(C)N[C@H](C)C(=O)O. The molecule has 0 aromatic heterocycles. The molecule has 0 aliphatic carbocycles. The van der Waals surface area contributed by atoms with E-state index in [-0.39, 0.29) is 18.4 Å². The van der Waals surface area contributed by atoms with Gasteiger partial charge in [0.15, 0.2) is 0 Å². The molecule has 1 aromatic carbocycles. The molecular weight excluding hydrogens is 280 g/mol. The minimum atomic E-state index is -0.942. The van der Waals surface area contributed by atoms with E-state index in [1.54, 1.807) is 19.1 Å². The van der Waals surface area contributed by atoms with Crippen LogP contribution in [0, 0.1) is 6.92 Å². The normalized spacial score (nSPS) is 13.6. The number of benzene rings is 1.